The van der Waals surface area contributed by atoms with Gasteiger partial charge in [-0.3, -0.25) is 0 Å². The molecule has 0 spiro atoms. The minimum Gasteiger partial charge on any atom is -0.504 e. The molecule has 2 aliphatic rings. The molecule has 2 heterocycles. The topological polar surface area (TPSA) is 255 Å². The summed E-state index contributed by atoms with van der Waals surface area (Å²) in [5.74, 6) is -2.38. The lowest BCUT2D eigenvalue weighted by Gasteiger charge is -2.46. The maximum Gasteiger partial charge on any atom is 0.330 e. The van der Waals surface area contributed by atoms with E-state index in [1.807, 2.05) is 0 Å². The molecule has 2 aromatic rings. The molecule has 16 nitrogen and oxygen atoms in total. The van der Waals surface area contributed by atoms with E-state index < -0.39 is 91.6 Å². The molecular formula is C30H38O16. The summed E-state index contributed by atoms with van der Waals surface area (Å²) in [6.45, 7) is 0.549. The highest BCUT2D eigenvalue weighted by atomic mass is 16.7. The highest BCUT2D eigenvalue weighted by Crippen LogP contribution is 2.32. The molecule has 4 rings (SSSR count). The molecule has 0 radical (unpaired) electrons. The predicted molar refractivity (Wildman–Crippen MR) is 153 cm³/mol. The molecule has 2 fully saturated rings. The second kappa shape index (κ2) is 15.4. The summed E-state index contributed by atoms with van der Waals surface area (Å²) in [5.41, 5.74) is 0.767. The number of aromatic hydroxyl groups is 4. The van der Waals surface area contributed by atoms with Gasteiger partial charge in [0, 0.05) is 13.2 Å². The Morgan fingerprint density at radius 1 is 0.826 bits per heavy atom. The summed E-state index contributed by atoms with van der Waals surface area (Å²) in [6, 6.07) is 7.84. The van der Waals surface area contributed by atoms with Crippen LogP contribution in [0.15, 0.2) is 42.5 Å². The van der Waals surface area contributed by atoms with Gasteiger partial charge in [0.15, 0.2) is 35.6 Å². The van der Waals surface area contributed by atoms with Crippen molar-refractivity contribution in [2.24, 2.45) is 0 Å². The van der Waals surface area contributed by atoms with Gasteiger partial charge in [0.1, 0.15) is 55.4 Å². The number of methoxy groups -OCH3 is 1. The van der Waals surface area contributed by atoms with E-state index in [-0.39, 0.29) is 18.1 Å². The second-order valence-corrected chi connectivity index (χ2v) is 10.8. The number of hydrogen-bond acceptors (Lipinski definition) is 16. The van der Waals surface area contributed by atoms with Crippen LogP contribution in [0.25, 0.3) is 6.08 Å². The molecule has 46 heavy (non-hydrogen) atoms. The van der Waals surface area contributed by atoms with E-state index in [4.69, 9.17) is 28.4 Å². The van der Waals surface area contributed by atoms with Crippen molar-refractivity contribution < 1.29 is 79.2 Å². The zero-order valence-corrected chi connectivity index (χ0v) is 24.8. The van der Waals surface area contributed by atoms with Gasteiger partial charge in [-0.25, -0.2) is 4.79 Å². The van der Waals surface area contributed by atoms with Crippen LogP contribution in [0.2, 0.25) is 0 Å². The number of rotatable bonds is 11. The number of phenolic OH excluding ortho intramolecular Hbond substituents is 4. The molecule has 0 bridgehead atoms. The van der Waals surface area contributed by atoms with Crippen LogP contribution in [0.3, 0.4) is 0 Å². The van der Waals surface area contributed by atoms with Gasteiger partial charge in [-0.15, -0.1) is 0 Å². The Morgan fingerprint density at radius 2 is 1.50 bits per heavy atom. The Labute approximate surface area is 262 Å². The van der Waals surface area contributed by atoms with Crippen molar-refractivity contribution >= 4 is 12.0 Å². The lowest BCUT2D eigenvalue weighted by molar-refractivity contribution is -0.358. The normalized spacial score (nSPS) is 32.3. The second-order valence-electron chi connectivity index (χ2n) is 10.8. The summed E-state index contributed by atoms with van der Waals surface area (Å²) < 4.78 is 33.3. The number of hydrogen-bond donors (Lipinski definition) is 9. The van der Waals surface area contributed by atoms with Crippen LogP contribution < -0.4 is 0 Å². The number of aliphatic hydroxyl groups excluding tert-OH is 5. The van der Waals surface area contributed by atoms with Crippen LogP contribution in [0.1, 0.15) is 24.2 Å². The number of esters is 1. The van der Waals surface area contributed by atoms with Crippen LogP contribution >= 0.6 is 0 Å². The maximum atomic E-state index is 12.4. The summed E-state index contributed by atoms with van der Waals surface area (Å²) in [7, 11) is 1.35. The van der Waals surface area contributed by atoms with E-state index in [0.717, 1.165) is 6.08 Å². The van der Waals surface area contributed by atoms with Gasteiger partial charge < -0.3 is 74.4 Å². The average Bonchev–Trinajstić information content (AvgIpc) is 3.03. The Bertz CT molecular complexity index is 1350. The Hall–Kier alpha value is -3.55. The number of phenols is 4. The Balaban J connectivity index is 1.49. The fourth-order valence-electron chi connectivity index (χ4n) is 4.86. The number of carbonyl (C=O) groups is 1. The fraction of sp³-hybridized carbons (Fsp3) is 0.500. The lowest BCUT2D eigenvalue weighted by Crippen LogP contribution is -2.64. The van der Waals surface area contributed by atoms with Crippen LogP contribution in [0, 0.1) is 0 Å². The highest BCUT2D eigenvalue weighted by molar-refractivity contribution is 5.87. The molecule has 2 aliphatic heterocycles. The molecule has 0 aromatic heterocycles. The van der Waals surface area contributed by atoms with E-state index in [9.17, 15) is 50.8 Å². The van der Waals surface area contributed by atoms with Gasteiger partial charge in [0.25, 0.3) is 0 Å². The minimum atomic E-state index is -1.77. The van der Waals surface area contributed by atoms with Crippen molar-refractivity contribution in [1.82, 2.24) is 0 Å². The number of carbonyl (C=O) groups excluding carboxylic acids is 1. The van der Waals surface area contributed by atoms with Crippen LogP contribution in [0.4, 0.5) is 0 Å². The number of benzene rings is 2. The first-order valence-corrected chi connectivity index (χ1v) is 14.2. The molecule has 0 unspecified atom stereocenters. The largest absolute Gasteiger partial charge is 0.504 e. The van der Waals surface area contributed by atoms with Gasteiger partial charge in [-0.05, 0) is 48.4 Å². The van der Waals surface area contributed by atoms with Gasteiger partial charge in [-0.1, -0.05) is 12.1 Å². The van der Waals surface area contributed by atoms with E-state index >= 15 is 0 Å². The first-order valence-electron chi connectivity index (χ1n) is 14.2. The number of aliphatic hydroxyl groups is 5. The molecule has 0 amide bonds. The molecule has 11 atom stereocenters. The summed E-state index contributed by atoms with van der Waals surface area (Å²) in [4.78, 5) is 12.4. The minimum absolute atomic E-state index is 0.287. The molecule has 0 saturated carbocycles. The first kappa shape index (κ1) is 35.3. The molecule has 9 N–H and O–H groups in total. The Kier molecular flexibility index (Phi) is 11.8. The molecule has 2 aromatic carbocycles. The van der Waals surface area contributed by atoms with Crippen molar-refractivity contribution in [2.45, 2.75) is 74.4 Å². The molecule has 254 valence electrons. The SMILES string of the molecule is CO[C@H](CO[C@@H]1O[C@H](COC(=O)/C=C/c2ccc(O)c(O)c2)[C@@H](O)[C@H](O[C@@H]2O[C@@H](C)[C@H](O)[C@@H](O)[C@H]2O)[C@H]1O)c1ccc(O)c(O)c1. The molecule has 2 saturated heterocycles. The van der Waals surface area contributed by atoms with Gasteiger partial charge in [0.05, 0.1) is 12.7 Å². The lowest BCUT2D eigenvalue weighted by atomic mass is 9.97. The summed E-state index contributed by atoms with van der Waals surface area (Å²) >= 11 is 0. The molecule has 0 aliphatic carbocycles. The molecule has 16 heteroatoms. The smallest absolute Gasteiger partial charge is 0.330 e. The van der Waals surface area contributed by atoms with Crippen LogP contribution in [-0.2, 0) is 33.2 Å². The van der Waals surface area contributed by atoms with Gasteiger partial charge >= 0.3 is 5.97 Å². The fourth-order valence-corrected chi connectivity index (χ4v) is 4.86. The quantitative estimate of drug-likeness (QED) is 0.0811. The van der Waals surface area contributed by atoms with Gasteiger partial charge in [0.2, 0.25) is 0 Å². The van der Waals surface area contributed by atoms with Crippen LogP contribution in [-0.4, -0.2) is 134 Å². The van der Waals surface area contributed by atoms with E-state index in [0.29, 0.717) is 11.1 Å². The van der Waals surface area contributed by atoms with E-state index in [1.54, 1.807) is 0 Å². The summed E-state index contributed by atoms with van der Waals surface area (Å²) in [6.07, 6.45) is -14.0. The monoisotopic (exact) mass is 654 g/mol. The van der Waals surface area contributed by atoms with Crippen molar-refractivity contribution in [1.29, 1.82) is 0 Å². The van der Waals surface area contributed by atoms with Gasteiger partial charge in [-0.2, -0.15) is 0 Å². The van der Waals surface area contributed by atoms with Crippen molar-refractivity contribution in [2.75, 3.05) is 20.3 Å². The van der Waals surface area contributed by atoms with E-state index in [1.165, 1.54) is 56.5 Å². The average molecular weight is 655 g/mol. The molecular weight excluding hydrogens is 616 g/mol. The first-order chi connectivity index (χ1) is 21.8. The zero-order valence-electron chi connectivity index (χ0n) is 24.8. The van der Waals surface area contributed by atoms with E-state index in [2.05, 4.69) is 0 Å². The predicted octanol–water partition coefficient (Wildman–Crippen LogP) is -0.871. The third-order valence-electron chi connectivity index (χ3n) is 7.61. The maximum absolute atomic E-state index is 12.4. The van der Waals surface area contributed by atoms with Crippen molar-refractivity contribution in [3.63, 3.8) is 0 Å². The third-order valence-corrected chi connectivity index (χ3v) is 7.61. The summed E-state index contributed by atoms with van der Waals surface area (Å²) in [5, 5.41) is 91.5. The number of ether oxygens (including phenoxy) is 6. The van der Waals surface area contributed by atoms with Crippen LogP contribution in [0.5, 0.6) is 23.0 Å². The Morgan fingerprint density at radius 3 is 2.15 bits per heavy atom. The highest BCUT2D eigenvalue weighted by Gasteiger charge is 2.50. The third kappa shape index (κ3) is 8.23. The van der Waals surface area contributed by atoms with Crippen molar-refractivity contribution in [3.8, 4) is 23.0 Å². The van der Waals surface area contributed by atoms with Crippen molar-refractivity contribution in [3.05, 3.63) is 53.6 Å². The zero-order chi connectivity index (χ0) is 33.7. The standard InChI is InChI=1S/C30H38O16/c1-13-23(36)25(38)26(39)30(44-13)46-28-24(37)21(12-42-22(35)8-4-14-3-6-16(31)18(33)9-14)45-29(27(28)40)43-11-20(41-2)15-5-7-17(32)19(34)10-15/h3-10,13,20-21,23-34,36-40H,11-12H2,1-2H3/b8-4+/t13-,20+,21+,23-,24+,25+,26+,27+,28-,29+,30-/m0/s1.